The Balaban J connectivity index is 1.97. The van der Waals surface area contributed by atoms with E-state index >= 15 is 0 Å². The quantitative estimate of drug-likeness (QED) is 0.730. The first kappa shape index (κ1) is 18.0. The molecular weight excluding hydrogens is 332 g/mol. The molecule has 5 nitrogen and oxygen atoms in total. The van der Waals surface area contributed by atoms with Crippen LogP contribution in [0.5, 0.6) is 0 Å². The summed E-state index contributed by atoms with van der Waals surface area (Å²) in [6.45, 7) is 0. The van der Waals surface area contributed by atoms with Crippen molar-refractivity contribution in [2.24, 2.45) is 5.92 Å². The minimum absolute atomic E-state index is 0.310. The van der Waals surface area contributed by atoms with Crippen LogP contribution in [0, 0.1) is 11.7 Å². The summed E-state index contributed by atoms with van der Waals surface area (Å²) in [5.74, 6) is -2.40. The Morgan fingerprint density at radius 1 is 1.12 bits per heavy atom. The molecule has 1 aromatic rings. The minimum Gasteiger partial charge on any atom is -0.481 e. The van der Waals surface area contributed by atoms with Crippen LogP contribution in [0.15, 0.2) is 18.2 Å². The Morgan fingerprint density at radius 3 is 2.29 bits per heavy atom. The molecule has 2 amide bonds. The highest BCUT2D eigenvalue weighted by Gasteiger charge is 2.34. The molecule has 3 N–H and O–H groups in total. The van der Waals surface area contributed by atoms with E-state index in [1.54, 1.807) is 0 Å². The molecule has 0 unspecified atom stereocenters. The highest BCUT2D eigenvalue weighted by molar-refractivity contribution is 5.90. The highest BCUT2D eigenvalue weighted by atomic mass is 19.4. The third kappa shape index (κ3) is 4.59. The number of aliphatic carboxylic acids is 1. The average molecular weight is 348 g/mol. The number of carboxylic acid groups (broad SMARTS) is 1. The topological polar surface area (TPSA) is 78.4 Å². The second kappa shape index (κ2) is 7.06. The third-order valence-electron chi connectivity index (χ3n) is 3.95. The molecule has 132 valence electrons. The van der Waals surface area contributed by atoms with E-state index in [2.05, 4.69) is 10.6 Å². The largest absolute Gasteiger partial charge is 0.481 e. The van der Waals surface area contributed by atoms with Crippen LogP contribution in [0.25, 0.3) is 0 Å². The molecule has 0 aromatic heterocycles. The van der Waals surface area contributed by atoms with Gasteiger partial charge in [0.25, 0.3) is 0 Å². The predicted molar refractivity (Wildman–Crippen MR) is 76.9 cm³/mol. The molecule has 2 rings (SSSR count). The number of carboxylic acids is 1. The number of nitrogens with one attached hydrogen (secondary N) is 2. The van der Waals surface area contributed by atoms with Crippen LogP contribution in [0.3, 0.4) is 0 Å². The summed E-state index contributed by atoms with van der Waals surface area (Å²) in [5, 5.41) is 13.5. The molecule has 1 aliphatic carbocycles. The van der Waals surface area contributed by atoms with E-state index < -0.39 is 41.2 Å². The SMILES string of the molecule is O=C(Nc1ccc(F)cc1C(F)(F)F)NC1CCC(C(=O)O)CC1. The number of benzene rings is 1. The van der Waals surface area contributed by atoms with Crippen LogP contribution < -0.4 is 10.6 Å². The predicted octanol–water partition coefficient (Wildman–Crippen LogP) is 3.61. The van der Waals surface area contributed by atoms with Gasteiger partial charge in [0, 0.05) is 6.04 Å². The van der Waals surface area contributed by atoms with Crippen LogP contribution in [0.1, 0.15) is 31.2 Å². The van der Waals surface area contributed by atoms with Gasteiger partial charge in [0.15, 0.2) is 0 Å². The molecule has 24 heavy (non-hydrogen) atoms. The van der Waals surface area contributed by atoms with Gasteiger partial charge in [0.05, 0.1) is 17.2 Å². The van der Waals surface area contributed by atoms with Gasteiger partial charge in [-0.05, 0) is 43.9 Å². The number of halogens is 4. The summed E-state index contributed by atoms with van der Waals surface area (Å²) in [6, 6.07) is 0.830. The summed E-state index contributed by atoms with van der Waals surface area (Å²) in [5.41, 5.74) is -1.81. The second-order valence-corrected chi connectivity index (χ2v) is 5.67. The van der Waals surface area contributed by atoms with Crippen molar-refractivity contribution in [3.63, 3.8) is 0 Å². The fourth-order valence-corrected chi connectivity index (χ4v) is 2.69. The normalized spacial score (nSPS) is 21.2. The summed E-state index contributed by atoms with van der Waals surface area (Å²) in [6.07, 6.45) is -3.15. The summed E-state index contributed by atoms with van der Waals surface area (Å²) in [7, 11) is 0. The zero-order chi connectivity index (χ0) is 17.9. The van der Waals surface area contributed by atoms with Crippen molar-refractivity contribution >= 4 is 17.7 Å². The Hall–Kier alpha value is -2.32. The molecule has 0 aliphatic heterocycles. The van der Waals surface area contributed by atoms with Crippen molar-refractivity contribution in [1.29, 1.82) is 0 Å². The first-order valence-corrected chi connectivity index (χ1v) is 7.34. The summed E-state index contributed by atoms with van der Waals surface area (Å²) < 4.78 is 51.6. The van der Waals surface area contributed by atoms with Crippen LogP contribution in [-0.4, -0.2) is 23.1 Å². The highest BCUT2D eigenvalue weighted by Crippen LogP contribution is 2.35. The first-order chi connectivity index (χ1) is 11.2. The molecule has 0 spiro atoms. The van der Waals surface area contributed by atoms with Crippen molar-refractivity contribution < 1.29 is 32.3 Å². The molecule has 1 saturated carbocycles. The Morgan fingerprint density at radius 2 is 1.75 bits per heavy atom. The van der Waals surface area contributed by atoms with Crippen molar-refractivity contribution in [2.75, 3.05) is 5.32 Å². The maximum absolute atomic E-state index is 13.0. The number of anilines is 1. The van der Waals surface area contributed by atoms with Crippen molar-refractivity contribution in [2.45, 2.75) is 37.9 Å². The number of carbonyl (C=O) groups excluding carboxylic acids is 1. The Labute approximate surface area is 135 Å². The van der Waals surface area contributed by atoms with Crippen molar-refractivity contribution in [3.05, 3.63) is 29.6 Å². The summed E-state index contributed by atoms with van der Waals surface area (Å²) in [4.78, 5) is 22.7. The molecule has 0 atom stereocenters. The second-order valence-electron chi connectivity index (χ2n) is 5.67. The van der Waals surface area contributed by atoms with E-state index in [0.29, 0.717) is 31.7 Å². The van der Waals surface area contributed by atoms with Gasteiger partial charge in [-0.25, -0.2) is 9.18 Å². The van der Waals surface area contributed by atoms with Crippen LogP contribution in [-0.2, 0) is 11.0 Å². The number of urea groups is 1. The smallest absolute Gasteiger partial charge is 0.418 e. The van der Waals surface area contributed by atoms with E-state index in [4.69, 9.17) is 5.11 Å². The monoisotopic (exact) mass is 348 g/mol. The summed E-state index contributed by atoms with van der Waals surface area (Å²) >= 11 is 0. The first-order valence-electron chi connectivity index (χ1n) is 7.34. The zero-order valence-electron chi connectivity index (χ0n) is 12.5. The maximum Gasteiger partial charge on any atom is 0.418 e. The molecule has 0 saturated heterocycles. The maximum atomic E-state index is 13.0. The lowest BCUT2D eigenvalue weighted by Gasteiger charge is -2.27. The van der Waals surface area contributed by atoms with Gasteiger partial charge in [-0.1, -0.05) is 0 Å². The van der Waals surface area contributed by atoms with E-state index in [-0.39, 0.29) is 6.04 Å². The molecular formula is C15H16F4N2O3. The van der Waals surface area contributed by atoms with E-state index in [1.165, 1.54) is 0 Å². The average Bonchev–Trinajstić information content (AvgIpc) is 2.48. The molecule has 0 heterocycles. The molecule has 0 radical (unpaired) electrons. The van der Waals surface area contributed by atoms with Crippen molar-refractivity contribution in [1.82, 2.24) is 5.32 Å². The van der Waals surface area contributed by atoms with E-state index in [0.717, 1.165) is 12.1 Å². The zero-order valence-corrected chi connectivity index (χ0v) is 12.5. The molecule has 0 bridgehead atoms. The van der Waals surface area contributed by atoms with Crippen molar-refractivity contribution in [3.8, 4) is 0 Å². The van der Waals surface area contributed by atoms with Gasteiger partial charge in [0.1, 0.15) is 5.82 Å². The lowest BCUT2D eigenvalue weighted by molar-refractivity contribution is -0.143. The number of rotatable bonds is 3. The van der Waals surface area contributed by atoms with Crippen LogP contribution >= 0.6 is 0 Å². The Kier molecular flexibility index (Phi) is 5.30. The fourth-order valence-electron chi connectivity index (χ4n) is 2.69. The fraction of sp³-hybridized carbons (Fsp3) is 0.467. The molecule has 1 fully saturated rings. The minimum atomic E-state index is -4.80. The van der Waals surface area contributed by atoms with Gasteiger partial charge in [0.2, 0.25) is 0 Å². The lowest BCUT2D eigenvalue weighted by Crippen LogP contribution is -2.41. The van der Waals surface area contributed by atoms with E-state index in [1.807, 2.05) is 0 Å². The molecule has 9 heteroatoms. The number of carbonyl (C=O) groups is 2. The van der Waals surface area contributed by atoms with Crippen LogP contribution in [0.4, 0.5) is 28.0 Å². The standard InChI is InChI=1S/C15H16F4N2O3/c16-9-3-6-12(11(7-9)15(17,18)19)21-14(24)20-10-4-1-8(2-5-10)13(22)23/h3,6-8,10H,1-2,4-5H2,(H,22,23)(H2,20,21,24). The molecule has 1 aliphatic rings. The lowest BCUT2D eigenvalue weighted by atomic mass is 9.86. The van der Waals surface area contributed by atoms with Crippen LogP contribution in [0.2, 0.25) is 0 Å². The van der Waals surface area contributed by atoms with Gasteiger partial charge >= 0.3 is 18.2 Å². The Bertz CT molecular complexity index is 626. The number of hydrogen-bond donors (Lipinski definition) is 3. The van der Waals surface area contributed by atoms with Gasteiger partial charge in [-0.15, -0.1) is 0 Å². The third-order valence-corrected chi connectivity index (χ3v) is 3.95. The van der Waals surface area contributed by atoms with E-state index in [9.17, 15) is 27.2 Å². The van der Waals surface area contributed by atoms with Gasteiger partial charge < -0.3 is 15.7 Å². The van der Waals surface area contributed by atoms with Gasteiger partial charge in [-0.2, -0.15) is 13.2 Å². The van der Waals surface area contributed by atoms with Gasteiger partial charge in [-0.3, -0.25) is 4.79 Å². The molecule has 1 aromatic carbocycles. The number of amides is 2. The number of hydrogen-bond acceptors (Lipinski definition) is 2. The number of alkyl halides is 3.